The van der Waals surface area contributed by atoms with Crippen LogP contribution in [0.5, 0.6) is 0 Å². The average molecular weight is 336 g/mol. The fraction of sp³-hybridized carbons (Fsp3) is 0.0667. The van der Waals surface area contributed by atoms with Crippen molar-refractivity contribution in [3.8, 4) is 0 Å². The van der Waals surface area contributed by atoms with E-state index in [9.17, 15) is 13.5 Å². The van der Waals surface area contributed by atoms with E-state index in [-0.39, 0.29) is 4.90 Å². The highest BCUT2D eigenvalue weighted by molar-refractivity contribution is 7.90. The van der Waals surface area contributed by atoms with Crippen LogP contribution in [0.4, 0.5) is 5.69 Å². The summed E-state index contributed by atoms with van der Waals surface area (Å²) in [7, 11) is -3.94. The van der Waals surface area contributed by atoms with E-state index in [4.69, 9.17) is 11.6 Å². The van der Waals surface area contributed by atoms with Gasteiger partial charge >= 0.3 is 0 Å². The minimum Gasteiger partial charge on any atom is -0.861 e. The Kier molecular flexibility index (Phi) is 4.95. The van der Waals surface area contributed by atoms with Crippen LogP contribution >= 0.6 is 11.6 Å². The van der Waals surface area contributed by atoms with Gasteiger partial charge in [-0.1, -0.05) is 23.7 Å². The van der Waals surface area contributed by atoms with Crippen molar-refractivity contribution in [3.63, 3.8) is 0 Å². The lowest BCUT2D eigenvalue weighted by Crippen LogP contribution is -2.14. The minimum atomic E-state index is -3.94. The van der Waals surface area contributed by atoms with Gasteiger partial charge in [-0.3, -0.25) is 4.99 Å². The molecule has 0 atom stereocenters. The highest BCUT2D eigenvalue weighted by atomic mass is 35.5. The van der Waals surface area contributed by atoms with E-state index in [0.717, 1.165) is 12.5 Å². The Morgan fingerprint density at radius 3 is 2.23 bits per heavy atom. The number of hydrogen-bond acceptors (Lipinski definition) is 4. The molecule has 0 radical (unpaired) electrons. The summed E-state index contributed by atoms with van der Waals surface area (Å²) >= 11 is 5.79. The predicted molar refractivity (Wildman–Crippen MR) is 85.4 cm³/mol. The van der Waals surface area contributed by atoms with Crippen LogP contribution in [-0.2, 0) is 10.0 Å². The van der Waals surface area contributed by atoms with E-state index >= 15 is 0 Å². The molecule has 0 aromatic heterocycles. The lowest BCUT2D eigenvalue weighted by Gasteiger charge is -2.04. The Hall–Kier alpha value is -2.18. The normalized spacial score (nSPS) is 12.7. The molecule has 0 heterocycles. The molecule has 114 valence electrons. The topological polar surface area (TPSA) is 81.9 Å². The van der Waals surface area contributed by atoms with Crippen LogP contribution in [0.1, 0.15) is 12.5 Å². The molecule has 0 bridgehead atoms. The maximum atomic E-state index is 11.7. The van der Waals surface area contributed by atoms with Crippen LogP contribution < -0.4 is 5.11 Å². The molecule has 5 nitrogen and oxygen atoms in total. The number of nitrogens with zero attached hydrogens (tertiary/aromatic N) is 2. The fourth-order valence-corrected chi connectivity index (χ4v) is 2.67. The molecule has 0 saturated heterocycles. The number of halogens is 1. The summed E-state index contributed by atoms with van der Waals surface area (Å²) in [4.78, 5) is 4.18. The number of hydrogen-bond donors (Lipinski definition) is 0. The largest absolute Gasteiger partial charge is 0.861 e. The highest BCUT2D eigenvalue weighted by Gasteiger charge is 2.10. The first kappa shape index (κ1) is 16.2. The zero-order chi connectivity index (χ0) is 16.2. The van der Waals surface area contributed by atoms with Gasteiger partial charge in [0.1, 0.15) is 0 Å². The van der Waals surface area contributed by atoms with Gasteiger partial charge in [0.05, 0.1) is 10.6 Å². The van der Waals surface area contributed by atoms with Gasteiger partial charge in [0.2, 0.25) is 0 Å². The van der Waals surface area contributed by atoms with Gasteiger partial charge in [0, 0.05) is 11.2 Å². The van der Waals surface area contributed by atoms with E-state index in [1.807, 2.05) is 12.1 Å². The summed E-state index contributed by atoms with van der Waals surface area (Å²) in [5.74, 6) is -0.759. The standard InChI is InChI=1S/C15H13ClN2O3S/c1-11(19)18-22(20,21)15-8-6-14(7-9-15)17-10-12-2-4-13(16)5-3-12/h2-10H,1H3,(H,18,19)/p-1. The molecule has 0 saturated carbocycles. The number of benzene rings is 2. The summed E-state index contributed by atoms with van der Waals surface area (Å²) in [6.07, 6.45) is 1.64. The molecule has 0 aliphatic rings. The maximum absolute atomic E-state index is 11.7. The number of rotatable bonds is 4. The molecular weight excluding hydrogens is 324 g/mol. The van der Waals surface area contributed by atoms with Crippen molar-refractivity contribution in [2.24, 2.45) is 9.39 Å². The zero-order valence-electron chi connectivity index (χ0n) is 11.6. The van der Waals surface area contributed by atoms with Gasteiger partial charge in [-0.05, 0) is 54.8 Å². The first-order valence-corrected chi connectivity index (χ1v) is 8.07. The number of sulfonamides is 1. The third kappa shape index (κ3) is 4.41. The summed E-state index contributed by atoms with van der Waals surface area (Å²) in [6, 6.07) is 12.9. The van der Waals surface area contributed by atoms with Gasteiger partial charge in [0.25, 0.3) is 10.0 Å². The van der Waals surface area contributed by atoms with Crippen molar-refractivity contribution in [1.82, 2.24) is 0 Å². The Balaban J connectivity index is 2.19. The second kappa shape index (κ2) is 6.72. The van der Waals surface area contributed by atoms with E-state index in [2.05, 4.69) is 9.39 Å². The predicted octanol–water partition coefficient (Wildman–Crippen LogP) is 2.56. The summed E-state index contributed by atoms with van der Waals surface area (Å²) in [6.45, 7) is 1.09. The first-order valence-electron chi connectivity index (χ1n) is 6.25. The van der Waals surface area contributed by atoms with Crippen LogP contribution in [0.2, 0.25) is 5.02 Å². The zero-order valence-corrected chi connectivity index (χ0v) is 13.2. The molecule has 0 fully saturated rings. The Morgan fingerprint density at radius 1 is 1.09 bits per heavy atom. The minimum absolute atomic E-state index is 0.0480. The van der Waals surface area contributed by atoms with E-state index in [0.29, 0.717) is 10.7 Å². The van der Waals surface area contributed by atoms with E-state index < -0.39 is 15.9 Å². The van der Waals surface area contributed by atoms with Crippen molar-refractivity contribution in [1.29, 1.82) is 0 Å². The van der Waals surface area contributed by atoms with Crippen LogP contribution in [0, 0.1) is 0 Å². The molecule has 0 N–H and O–H groups in total. The van der Waals surface area contributed by atoms with Gasteiger partial charge < -0.3 is 5.11 Å². The molecule has 0 unspecified atom stereocenters. The van der Waals surface area contributed by atoms with Crippen molar-refractivity contribution in [2.75, 3.05) is 0 Å². The highest BCUT2D eigenvalue weighted by Crippen LogP contribution is 2.18. The Bertz CT molecular complexity index is 807. The van der Waals surface area contributed by atoms with E-state index in [1.54, 1.807) is 18.3 Å². The quantitative estimate of drug-likeness (QED) is 0.636. The lowest BCUT2D eigenvalue weighted by atomic mass is 10.2. The smallest absolute Gasteiger partial charge is 0.281 e. The van der Waals surface area contributed by atoms with Crippen molar-refractivity contribution >= 4 is 39.4 Å². The number of aliphatic imine (C=N–C) groups is 1. The van der Waals surface area contributed by atoms with Crippen molar-refractivity contribution in [2.45, 2.75) is 11.8 Å². The van der Waals surface area contributed by atoms with Gasteiger partial charge in [-0.2, -0.15) is 12.8 Å². The summed E-state index contributed by atoms with van der Waals surface area (Å²) in [5, 5.41) is 11.4. The van der Waals surface area contributed by atoms with Crippen LogP contribution in [0.3, 0.4) is 0 Å². The molecular formula is C15H12ClN2O3S-. The monoisotopic (exact) mass is 335 g/mol. The lowest BCUT2D eigenvalue weighted by molar-refractivity contribution is -0.215. The molecule has 2 aromatic rings. The molecule has 0 amide bonds. The molecule has 2 aromatic carbocycles. The SMILES string of the molecule is CC([O-])=NS(=O)(=O)c1ccc(N=Cc2ccc(Cl)cc2)cc1. The third-order valence-corrected chi connectivity index (χ3v) is 4.23. The fourth-order valence-electron chi connectivity index (χ4n) is 1.62. The second-order valence-electron chi connectivity index (χ2n) is 4.39. The molecule has 22 heavy (non-hydrogen) atoms. The van der Waals surface area contributed by atoms with Crippen LogP contribution in [0.15, 0.2) is 62.8 Å². The summed E-state index contributed by atoms with van der Waals surface area (Å²) in [5.41, 5.74) is 1.45. The van der Waals surface area contributed by atoms with Crippen LogP contribution in [-0.4, -0.2) is 20.5 Å². The molecule has 7 heteroatoms. The first-order chi connectivity index (χ1) is 10.4. The second-order valence-corrected chi connectivity index (χ2v) is 6.43. The summed E-state index contributed by atoms with van der Waals surface area (Å²) < 4.78 is 26.5. The molecule has 2 rings (SSSR count). The Morgan fingerprint density at radius 2 is 1.68 bits per heavy atom. The van der Waals surface area contributed by atoms with E-state index in [1.165, 1.54) is 24.3 Å². The van der Waals surface area contributed by atoms with Gasteiger partial charge in [-0.15, -0.1) is 0 Å². The molecule has 0 aliphatic heterocycles. The third-order valence-electron chi connectivity index (χ3n) is 2.62. The molecule has 0 spiro atoms. The van der Waals surface area contributed by atoms with Crippen molar-refractivity contribution < 1.29 is 13.5 Å². The van der Waals surface area contributed by atoms with Gasteiger partial charge in [0.15, 0.2) is 0 Å². The maximum Gasteiger partial charge on any atom is 0.281 e. The Labute approximate surface area is 133 Å². The van der Waals surface area contributed by atoms with Crippen molar-refractivity contribution in [3.05, 3.63) is 59.1 Å². The molecule has 0 aliphatic carbocycles. The van der Waals surface area contributed by atoms with Gasteiger partial charge in [-0.25, -0.2) is 0 Å². The average Bonchev–Trinajstić information content (AvgIpc) is 2.46. The van der Waals surface area contributed by atoms with Crippen LogP contribution in [0.25, 0.3) is 0 Å².